The van der Waals surface area contributed by atoms with E-state index in [9.17, 15) is 5.11 Å². The van der Waals surface area contributed by atoms with Gasteiger partial charge in [-0.1, -0.05) is 146 Å². The standard InChI is InChI=1S/C54H44N3O.Pt/c1-34(2)38-19-21-41(22-20-38)42-23-24-55-50(33-42)46-30-44(40-15-10-7-11-16-40)29-45(31-46)48-17-12-18-51-52(48)56-54(49-28-35(3)25-37(5)53(49)58)57(51)47-27-36(4)26-43(32-47)39-13-8-6-9-14-39;/h6-30,32-34,58H,1-5H3;/q-1;/i4D3,34D;. The first-order chi connectivity index (χ1) is 29.7. The Morgan fingerprint density at radius 2 is 1.31 bits per heavy atom. The number of rotatable bonds is 8. The van der Waals surface area contributed by atoms with E-state index in [1.54, 1.807) is 12.1 Å². The predicted octanol–water partition coefficient (Wildman–Crippen LogP) is 14.0. The van der Waals surface area contributed by atoms with Gasteiger partial charge in [0.25, 0.3) is 0 Å². The summed E-state index contributed by atoms with van der Waals surface area (Å²) in [4.78, 5) is 10.2. The van der Waals surface area contributed by atoms with Crippen molar-refractivity contribution in [3.05, 3.63) is 192 Å². The van der Waals surface area contributed by atoms with Crippen molar-refractivity contribution in [3.8, 4) is 78.6 Å². The van der Waals surface area contributed by atoms with Gasteiger partial charge in [0.2, 0.25) is 0 Å². The summed E-state index contributed by atoms with van der Waals surface area (Å²) in [5.41, 5.74) is 14.2. The maximum absolute atomic E-state index is 11.7. The Kier molecular flexibility index (Phi) is 9.69. The van der Waals surface area contributed by atoms with E-state index in [1.807, 2.05) is 142 Å². The van der Waals surface area contributed by atoms with Crippen molar-refractivity contribution < 1.29 is 31.7 Å². The molecule has 9 aromatic rings. The number of hydrogen-bond donors (Lipinski definition) is 1. The average Bonchev–Trinajstić information content (AvgIpc) is 3.67. The van der Waals surface area contributed by atoms with Gasteiger partial charge in [-0.05, 0) is 107 Å². The molecule has 0 unspecified atom stereocenters. The zero-order valence-electron chi connectivity index (χ0n) is 37.2. The maximum Gasteiger partial charge on any atom is 0.148 e. The quantitative estimate of drug-likeness (QED) is 0.154. The van der Waals surface area contributed by atoms with Gasteiger partial charge in [0.05, 0.1) is 16.6 Å². The predicted molar refractivity (Wildman–Crippen MR) is 240 cm³/mol. The molecule has 7 aromatic carbocycles. The van der Waals surface area contributed by atoms with Gasteiger partial charge in [0.1, 0.15) is 11.6 Å². The third-order valence-corrected chi connectivity index (χ3v) is 10.8. The molecule has 0 spiro atoms. The van der Waals surface area contributed by atoms with Crippen LogP contribution in [0.1, 0.15) is 47.5 Å². The molecule has 0 aliphatic carbocycles. The number of phenolic OH excluding ortho intramolecular Hbond substituents is 1. The van der Waals surface area contributed by atoms with E-state index in [0.717, 1.165) is 72.4 Å². The second kappa shape index (κ2) is 16.5. The van der Waals surface area contributed by atoms with E-state index in [0.29, 0.717) is 28.2 Å². The molecule has 0 radical (unpaired) electrons. The van der Waals surface area contributed by atoms with Crippen molar-refractivity contribution in [3.63, 3.8) is 0 Å². The van der Waals surface area contributed by atoms with Gasteiger partial charge < -0.3 is 5.11 Å². The smallest absolute Gasteiger partial charge is 0.148 e. The normalized spacial score (nSPS) is 12.6. The fraction of sp³-hybridized carbons (Fsp3) is 0.111. The van der Waals surface area contributed by atoms with Crippen LogP contribution in [0.25, 0.3) is 83.9 Å². The molecule has 0 saturated heterocycles. The number of aromatic nitrogens is 3. The van der Waals surface area contributed by atoms with Crippen LogP contribution in [0, 0.1) is 26.8 Å². The molecule has 9 rings (SSSR count). The molecule has 0 saturated carbocycles. The number of hydrogen-bond acceptors (Lipinski definition) is 3. The van der Waals surface area contributed by atoms with E-state index in [-0.39, 0.29) is 32.4 Å². The molecule has 1 N–H and O–H groups in total. The number of imidazole rings is 1. The molecular formula is C54H44N3OPt-. The summed E-state index contributed by atoms with van der Waals surface area (Å²) in [6.45, 7) is 5.24. The molecule has 59 heavy (non-hydrogen) atoms. The minimum absolute atomic E-state index is 0. The summed E-state index contributed by atoms with van der Waals surface area (Å²) < 4.78 is 35.9. The van der Waals surface area contributed by atoms with Gasteiger partial charge in [0, 0.05) is 44.1 Å². The SMILES string of the molecule is [2H]C([2H])([2H])c1cc(-c2ccccc2)cc(-n2c(-c3cc(C)cc(C)c3O)nc3c(-c4[c-]c(-c5cc(-c6ccc(C([2H])(C)C)cc6)ccn5)cc(-c5ccccc5)c4)cccc32)c1.[Pt]. The maximum atomic E-state index is 11.7. The molecule has 292 valence electrons. The second-order valence-corrected chi connectivity index (χ2v) is 15.1. The fourth-order valence-corrected chi connectivity index (χ4v) is 7.83. The van der Waals surface area contributed by atoms with Gasteiger partial charge in [0.15, 0.2) is 0 Å². The summed E-state index contributed by atoms with van der Waals surface area (Å²) in [6, 6.07) is 55.4. The van der Waals surface area contributed by atoms with Crippen molar-refractivity contribution in [1.82, 2.24) is 14.5 Å². The molecule has 0 amide bonds. The summed E-state index contributed by atoms with van der Waals surface area (Å²) in [7, 11) is 0. The van der Waals surface area contributed by atoms with Crippen molar-refractivity contribution in [2.75, 3.05) is 0 Å². The van der Waals surface area contributed by atoms with Crippen LogP contribution in [0.4, 0.5) is 0 Å². The third-order valence-electron chi connectivity index (χ3n) is 10.8. The van der Waals surface area contributed by atoms with Crippen molar-refractivity contribution in [2.45, 2.75) is 40.4 Å². The van der Waals surface area contributed by atoms with E-state index in [2.05, 4.69) is 48.5 Å². The number of aromatic hydroxyl groups is 1. The van der Waals surface area contributed by atoms with Crippen LogP contribution in [0.2, 0.25) is 0 Å². The number of aryl methyl sites for hydroxylation is 3. The van der Waals surface area contributed by atoms with Crippen LogP contribution < -0.4 is 0 Å². The van der Waals surface area contributed by atoms with E-state index in [4.69, 9.17) is 15.5 Å². The summed E-state index contributed by atoms with van der Waals surface area (Å²) >= 11 is 0. The van der Waals surface area contributed by atoms with Crippen LogP contribution in [0.15, 0.2) is 164 Å². The second-order valence-electron chi connectivity index (χ2n) is 15.1. The van der Waals surface area contributed by atoms with E-state index >= 15 is 0 Å². The third kappa shape index (κ3) is 7.81. The number of fused-ring (bicyclic) bond motifs is 1. The minimum Gasteiger partial charge on any atom is -0.507 e. The number of nitrogens with zero attached hydrogens (tertiary/aromatic N) is 3. The van der Waals surface area contributed by atoms with Gasteiger partial charge >= 0.3 is 0 Å². The van der Waals surface area contributed by atoms with Crippen molar-refractivity contribution in [1.29, 1.82) is 0 Å². The Bertz CT molecular complexity index is 3120. The van der Waals surface area contributed by atoms with Crippen LogP contribution in [-0.4, -0.2) is 19.6 Å². The first-order valence-electron chi connectivity index (χ1n) is 21.5. The summed E-state index contributed by atoms with van der Waals surface area (Å²) in [5.74, 6) is -0.114. The monoisotopic (exact) mass is 949 g/mol. The molecule has 0 bridgehead atoms. The molecule has 0 aliphatic heterocycles. The molecular weight excluding hydrogens is 902 g/mol. The molecule has 2 heterocycles. The first kappa shape index (κ1) is 34.7. The molecule has 5 heteroatoms. The van der Waals surface area contributed by atoms with Crippen LogP contribution in [-0.2, 0) is 21.1 Å². The minimum atomic E-state index is -2.39. The Morgan fingerprint density at radius 3 is 2.00 bits per heavy atom. The Labute approximate surface area is 366 Å². The van der Waals surface area contributed by atoms with Crippen molar-refractivity contribution >= 4 is 11.0 Å². The van der Waals surface area contributed by atoms with Crippen LogP contribution in [0.3, 0.4) is 0 Å². The number of pyridine rings is 1. The Balaban J connectivity index is 0.00000544. The fourth-order valence-electron chi connectivity index (χ4n) is 7.83. The molecule has 0 atom stereocenters. The Hall–Kier alpha value is -6.35. The van der Waals surface area contributed by atoms with Gasteiger partial charge in [-0.15, -0.1) is 23.8 Å². The van der Waals surface area contributed by atoms with Crippen LogP contribution >= 0.6 is 0 Å². The van der Waals surface area contributed by atoms with E-state index < -0.39 is 12.7 Å². The van der Waals surface area contributed by atoms with Crippen molar-refractivity contribution in [2.24, 2.45) is 0 Å². The summed E-state index contributed by atoms with van der Waals surface area (Å²) in [6.07, 6.45) is 1.82. The van der Waals surface area contributed by atoms with Crippen LogP contribution in [0.5, 0.6) is 5.75 Å². The number of benzene rings is 7. The van der Waals surface area contributed by atoms with E-state index in [1.165, 1.54) is 0 Å². The average molecular weight is 950 g/mol. The van der Waals surface area contributed by atoms with Gasteiger partial charge in [-0.3, -0.25) is 9.55 Å². The molecule has 4 nitrogen and oxygen atoms in total. The number of phenols is 1. The topological polar surface area (TPSA) is 50.9 Å². The molecule has 2 aromatic heterocycles. The largest absolute Gasteiger partial charge is 0.507 e. The molecule has 0 aliphatic rings. The number of para-hydroxylation sites is 1. The summed E-state index contributed by atoms with van der Waals surface area (Å²) in [5, 5.41) is 11.7. The zero-order valence-corrected chi connectivity index (χ0v) is 35.5. The first-order valence-corrected chi connectivity index (χ1v) is 19.5. The van der Waals surface area contributed by atoms with Gasteiger partial charge in [-0.2, -0.15) is 0 Å². The Morgan fingerprint density at radius 1 is 0.627 bits per heavy atom. The van der Waals surface area contributed by atoms with Gasteiger partial charge in [-0.25, -0.2) is 4.98 Å². The zero-order chi connectivity index (χ0) is 43.3. The molecule has 0 fully saturated rings.